The van der Waals surface area contributed by atoms with Gasteiger partial charge in [-0.3, -0.25) is 0 Å². The summed E-state index contributed by atoms with van der Waals surface area (Å²) in [7, 11) is 1.40. The van der Waals surface area contributed by atoms with Crippen LogP contribution in [0.5, 0.6) is 11.5 Å². The molecule has 4 aliphatic heterocycles. The summed E-state index contributed by atoms with van der Waals surface area (Å²) in [5.74, 6) is 0.202. The number of aromatic nitrogens is 2. The number of aromatic amines is 1. The van der Waals surface area contributed by atoms with E-state index in [1.165, 1.54) is 13.2 Å². The first kappa shape index (κ1) is 24.0. The molecule has 1 fully saturated rings. The van der Waals surface area contributed by atoms with Gasteiger partial charge < -0.3 is 0 Å². The fraction of sp³-hybridized carbons (Fsp3) is 0.346. The molecular weight excluding hydrogens is 592 g/mol. The van der Waals surface area contributed by atoms with Crippen LogP contribution in [0.4, 0.5) is 20.6 Å². The maximum absolute atomic E-state index is 14.5. The molecule has 0 unspecified atom stereocenters. The SMILES string of the molecule is COc1c(F)cccc1Nc1c2[nH]c3c1C(=O)NC[C@@H]3[I-]C(=O)N1CCC(CC1)COc1cnccc1-2. The van der Waals surface area contributed by atoms with E-state index in [4.69, 9.17) is 9.47 Å². The van der Waals surface area contributed by atoms with Crippen LogP contribution in [-0.4, -0.2) is 58.0 Å². The Labute approximate surface area is 223 Å². The molecule has 11 heteroatoms. The average molecular weight is 618 g/mol. The molecule has 0 saturated carbocycles. The first-order valence-electron chi connectivity index (χ1n) is 12.2. The standard InChI is InChI=1S/C26H26FIN5O4/c1-36-24-16(27)3-2-4-18(24)31-23-20-22-17(11-30-25(20)34)28-26(35)33-9-6-14(7-10-33)13-37-19-12-29-8-5-15(19)21(23)32-22/h2-5,8,12,14,17,31-32H,6-7,9-11,13H2,1H3,(H,30,34)/q-1/t17-/m0/s1. The molecule has 3 N–H and O–H groups in total. The summed E-state index contributed by atoms with van der Waals surface area (Å²) < 4.78 is 26.2. The second-order valence-electron chi connectivity index (χ2n) is 9.26. The number of ether oxygens (including phenoxy) is 2. The minimum absolute atomic E-state index is 0.0419. The maximum atomic E-state index is 14.5. The van der Waals surface area contributed by atoms with Gasteiger partial charge in [-0.1, -0.05) is 0 Å². The molecule has 1 atom stereocenters. The third-order valence-electron chi connectivity index (χ3n) is 7.06. The summed E-state index contributed by atoms with van der Waals surface area (Å²) >= 11 is -0.957. The number of benzene rings is 1. The second-order valence-corrected chi connectivity index (χ2v) is 12.3. The van der Waals surface area contributed by atoms with Gasteiger partial charge in [0.1, 0.15) is 0 Å². The van der Waals surface area contributed by atoms with Crippen molar-refractivity contribution in [3.63, 3.8) is 0 Å². The Kier molecular flexibility index (Phi) is 6.39. The Bertz CT molecular complexity index is 1370. The summed E-state index contributed by atoms with van der Waals surface area (Å²) in [6.07, 6.45) is 5.14. The van der Waals surface area contributed by atoms with E-state index in [-0.39, 0.29) is 19.5 Å². The van der Waals surface area contributed by atoms with E-state index in [1.807, 2.05) is 11.0 Å². The predicted octanol–water partition coefficient (Wildman–Crippen LogP) is 1.07. The van der Waals surface area contributed by atoms with Crippen LogP contribution in [-0.2, 0) is 0 Å². The summed E-state index contributed by atoms with van der Waals surface area (Å²) in [6.45, 7) is 2.35. The number of methoxy groups -OCH3 is 1. The molecule has 2 aromatic heterocycles. The number of H-pyrrole nitrogens is 1. The van der Waals surface area contributed by atoms with Crippen molar-refractivity contribution in [2.24, 2.45) is 5.92 Å². The van der Waals surface area contributed by atoms with Gasteiger partial charge in [0.25, 0.3) is 0 Å². The molecule has 0 aliphatic carbocycles. The average Bonchev–Trinajstić information content (AvgIpc) is 3.29. The summed E-state index contributed by atoms with van der Waals surface area (Å²) in [4.78, 5) is 36.2. The van der Waals surface area contributed by atoms with E-state index < -0.39 is 27.0 Å². The molecule has 6 heterocycles. The van der Waals surface area contributed by atoms with Gasteiger partial charge in [-0.25, -0.2) is 0 Å². The van der Waals surface area contributed by atoms with E-state index in [1.54, 1.807) is 24.5 Å². The van der Waals surface area contributed by atoms with Crippen LogP contribution in [0, 0.1) is 11.7 Å². The molecule has 194 valence electrons. The summed E-state index contributed by atoms with van der Waals surface area (Å²) in [6, 6.07) is 6.42. The van der Waals surface area contributed by atoms with Gasteiger partial charge in [0.15, 0.2) is 0 Å². The number of fused-ring (bicyclic) bond motifs is 4. The Morgan fingerprint density at radius 3 is 2.89 bits per heavy atom. The molecule has 4 aliphatic rings. The van der Waals surface area contributed by atoms with Crippen molar-refractivity contribution in [1.29, 1.82) is 0 Å². The van der Waals surface area contributed by atoms with Crippen LogP contribution in [0.25, 0.3) is 11.3 Å². The number of nitrogens with zero attached hydrogens (tertiary/aromatic N) is 2. The number of carbonyl (C=O) groups is 2. The van der Waals surface area contributed by atoms with Crippen molar-refractivity contribution in [2.75, 3.05) is 38.7 Å². The van der Waals surface area contributed by atoms with Crippen LogP contribution >= 0.6 is 0 Å². The van der Waals surface area contributed by atoms with Gasteiger partial charge in [0, 0.05) is 0 Å². The predicted molar refractivity (Wildman–Crippen MR) is 131 cm³/mol. The van der Waals surface area contributed by atoms with Crippen molar-refractivity contribution in [2.45, 2.75) is 16.8 Å². The fourth-order valence-corrected chi connectivity index (χ4v) is 7.84. The van der Waals surface area contributed by atoms with Crippen LogP contribution in [0.15, 0.2) is 36.7 Å². The Morgan fingerprint density at radius 2 is 2.08 bits per heavy atom. The molecule has 2 amide bonds. The van der Waals surface area contributed by atoms with E-state index in [9.17, 15) is 14.0 Å². The van der Waals surface area contributed by atoms with E-state index in [2.05, 4.69) is 20.6 Å². The van der Waals surface area contributed by atoms with Gasteiger partial charge in [0.05, 0.1) is 0 Å². The number of pyridine rings is 1. The topological polar surface area (TPSA) is 109 Å². The van der Waals surface area contributed by atoms with Gasteiger partial charge in [-0.15, -0.1) is 0 Å². The summed E-state index contributed by atoms with van der Waals surface area (Å²) in [5.41, 5.74) is 3.34. The Hall–Kier alpha value is -3.35. The number of amides is 2. The minimum atomic E-state index is -0.957. The number of carbonyl (C=O) groups excluding carboxylic acids is 2. The Morgan fingerprint density at radius 1 is 1.24 bits per heavy atom. The van der Waals surface area contributed by atoms with Crippen molar-refractivity contribution < 1.29 is 44.7 Å². The van der Waals surface area contributed by atoms with Crippen molar-refractivity contribution in [3.8, 4) is 22.8 Å². The molecule has 0 spiro atoms. The second kappa shape index (κ2) is 9.84. The number of anilines is 2. The number of rotatable bonds is 3. The molecule has 7 rings (SSSR count). The molecule has 0 radical (unpaired) electrons. The van der Waals surface area contributed by atoms with Crippen LogP contribution < -0.4 is 41.3 Å². The third-order valence-corrected chi connectivity index (χ3v) is 10.1. The van der Waals surface area contributed by atoms with Gasteiger partial charge >= 0.3 is 224 Å². The normalized spacial score (nSPS) is 21.2. The van der Waals surface area contributed by atoms with E-state index in [0.717, 1.165) is 31.5 Å². The van der Waals surface area contributed by atoms with Gasteiger partial charge in [-0.2, -0.15) is 0 Å². The van der Waals surface area contributed by atoms with Crippen molar-refractivity contribution >= 4 is 21.2 Å². The molecule has 1 aromatic carbocycles. The van der Waals surface area contributed by atoms with E-state index >= 15 is 0 Å². The zero-order chi connectivity index (χ0) is 25.5. The van der Waals surface area contributed by atoms with Crippen LogP contribution in [0.1, 0.15) is 32.8 Å². The third kappa shape index (κ3) is 4.38. The first-order chi connectivity index (χ1) is 18.0. The molecule has 1 saturated heterocycles. The number of hydrogen-bond donors (Lipinski definition) is 3. The molecule has 9 nitrogen and oxygen atoms in total. The van der Waals surface area contributed by atoms with Crippen molar-refractivity contribution in [1.82, 2.24) is 20.2 Å². The summed E-state index contributed by atoms with van der Waals surface area (Å²) in [5, 5.41) is 6.24. The van der Waals surface area contributed by atoms with Crippen LogP contribution in [0.3, 0.4) is 0 Å². The quantitative estimate of drug-likeness (QED) is 0.176. The molecular formula is C26H26FIN5O4-. The zero-order valence-electron chi connectivity index (χ0n) is 20.1. The first-order valence-corrected chi connectivity index (χ1v) is 14.5. The zero-order valence-corrected chi connectivity index (χ0v) is 22.3. The van der Waals surface area contributed by atoms with Gasteiger partial charge in [0.2, 0.25) is 0 Å². The number of hydrogen-bond acceptors (Lipinski definition) is 6. The fourth-order valence-electron chi connectivity index (χ4n) is 5.10. The molecule has 4 bridgehead atoms. The molecule has 3 aromatic rings. The molecule has 37 heavy (non-hydrogen) atoms. The van der Waals surface area contributed by atoms with Crippen molar-refractivity contribution in [3.05, 3.63) is 53.7 Å². The van der Waals surface area contributed by atoms with E-state index in [0.29, 0.717) is 53.1 Å². The number of piperidine rings is 1. The number of nitrogens with one attached hydrogen (secondary N) is 3. The number of halogens is 2. The number of alkyl halides is 1. The number of para-hydroxylation sites is 1. The monoisotopic (exact) mass is 618 g/mol. The van der Waals surface area contributed by atoms with Gasteiger partial charge in [-0.05, 0) is 0 Å². The van der Waals surface area contributed by atoms with Crippen LogP contribution in [0.2, 0.25) is 0 Å². The Balaban J connectivity index is 1.54.